The summed E-state index contributed by atoms with van der Waals surface area (Å²) in [6, 6.07) is 5.74. The molecule has 3 N–H and O–H groups in total. The lowest BCUT2D eigenvalue weighted by atomic mass is 10.1. The summed E-state index contributed by atoms with van der Waals surface area (Å²) in [5.41, 5.74) is 8.66. The lowest BCUT2D eigenvalue weighted by Crippen LogP contribution is -1.95. The molecule has 0 saturated heterocycles. The van der Waals surface area contributed by atoms with E-state index in [1.807, 2.05) is 25.1 Å². The van der Waals surface area contributed by atoms with Gasteiger partial charge in [-0.05, 0) is 36.6 Å². The minimum absolute atomic E-state index is 0.199. The van der Waals surface area contributed by atoms with Gasteiger partial charge < -0.3 is 10.8 Å². The van der Waals surface area contributed by atoms with E-state index in [1.165, 1.54) is 5.56 Å². The van der Waals surface area contributed by atoms with Crippen molar-refractivity contribution in [2.45, 2.75) is 13.3 Å². The summed E-state index contributed by atoms with van der Waals surface area (Å²) < 4.78 is 0. The number of nitrogen functional groups attached to an aromatic ring is 1. The Bertz CT molecular complexity index is 245. The van der Waals surface area contributed by atoms with Crippen LogP contribution >= 0.6 is 0 Å². The first-order chi connectivity index (χ1) is 5.24. The zero-order valence-corrected chi connectivity index (χ0v) is 6.67. The molecule has 0 bridgehead atoms. The molecule has 0 heterocycles. The zero-order chi connectivity index (χ0) is 8.27. The minimum atomic E-state index is 0.199. The Kier molecular flexibility index (Phi) is 2.49. The topological polar surface area (TPSA) is 46.2 Å². The number of aryl methyl sites for hydroxylation is 1. The van der Waals surface area contributed by atoms with Gasteiger partial charge in [-0.2, -0.15) is 0 Å². The van der Waals surface area contributed by atoms with E-state index in [0.717, 1.165) is 11.3 Å². The Labute approximate surface area is 66.7 Å². The molecule has 0 saturated carbocycles. The van der Waals surface area contributed by atoms with E-state index in [-0.39, 0.29) is 6.61 Å². The predicted molar refractivity (Wildman–Crippen MR) is 46.4 cm³/mol. The fourth-order valence-corrected chi connectivity index (χ4v) is 1.12. The summed E-state index contributed by atoms with van der Waals surface area (Å²) in [6.07, 6.45) is 0.714. The fraction of sp³-hybridized carbons (Fsp3) is 0.333. The molecule has 0 radical (unpaired) electrons. The molecule has 1 rings (SSSR count). The van der Waals surface area contributed by atoms with Crippen molar-refractivity contribution in [1.82, 2.24) is 0 Å². The van der Waals surface area contributed by atoms with Gasteiger partial charge in [0.1, 0.15) is 0 Å². The molecular weight excluding hydrogens is 138 g/mol. The Balaban J connectivity index is 2.90. The third-order valence-electron chi connectivity index (χ3n) is 1.75. The number of hydrogen-bond acceptors (Lipinski definition) is 2. The summed E-state index contributed by atoms with van der Waals surface area (Å²) in [7, 11) is 0. The highest BCUT2D eigenvalue weighted by Crippen LogP contribution is 2.12. The van der Waals surface area contributed by atoms with Crippen molar-refractivity contribution in [2.75, 3.05) is 12.3 Å². The summed E-state index contributed by atoms with van der Waals surface area (Å²) in [4.78, 5) is 0. The van der Waals surface area contributed by atoms with E-state index in [9.17, 15) is 0 Å². The molecule has 2 heteroatoms. The number of hydrogen-bond donors (Lipinski definition) is 2. The molecule has 60 valence electrons. The average Bonchev–Trinajstić information content (AvgIpc) is 1.95. The molecule has 0 aliphatic rings. The van der Waals surface area contributed by atoms with Gasteiger partial charge in [-0.15, -0.1) is 0 Å². The van der Waals surface area contributed by atoms with Gasteiger partial charge in [-0.1, -0.05) is 6.07 Å². The molecule has 1 aromatic carbocycles. The molecule has 0 unspecified atom stereocenters. The van der Waals surface area contributed by atoms with Crippen molar-refractivity contribution in [3.8, 4) is 0 Å². The molecule has 0 aliphatic carbocycles. The Morgan fingerprint density at radius 2 is 2.18 bits per heavy atom. The van der Waals surface area contributed by atoms with Crippen LogP contribution in [0.5, 0.6) is 0 Å². The van der Waals surface area contributed by atoms with Crippen molar-refractivity contribution in [3.63, 3.8) is 0 Å². The van der Waals surface area contributed by atoms with E-state index in [2.05, 4.69) is 0 Å². The van der Waals surface area contributed by atoms with Crippen LogP contribution in [0.4, 0.5) is 5.69 Å². The van der Waals surface area contributed by atoms with Gasteiger partial charge in [0.2, 0.25) is 0 Å². The van der Waals surface area contributed by atoms with Crippen molar-refractivity contribution < 1.29 is 5.11 Å². The van der Waals surface area contributed by atoms with Crippen molar-refractivity contribution in [1.29, 1.82) is 0 Å². The first-order valence-electron chi connectivity index (χ1n) is 3.70. The monoisotopic (exact) mass is 151 g/mol. The quantitative estimate of drug-likeness (QED) is 0.622. The predicted octanol–water partition coefficient (Wildman–Crippen LogP) is 1.11. The van der Waals surface area contributed by atoms with Gasteiger partial charge in [-0.3, -0.25) is 0 Å². The molecule has 2 nitrogen and oxygen atoms in total. The normalized spacial score (nSPS) is 10.0. The molecular formula is C9H13NO. The molecule has 1 aromatic rings. The summed E-state index contributed by atoms with van der Waals surface area (Å²) in [5.74, 6) is 0. The van der Waals surface area contributed by atoms with E-state index in [4.69, 9.17) is 10.8 Å². The lowest BCUT2D eigenvalue weighted by molar-refractivity contribution is 0.299. The van der Waals surface area contributed by atoms with Crippen LogP contribution in [0.2, 0.25) is 0 Å². The zero-order valence-electron chi connectivity index (χ0n) is 6.67. The Morgan fingerprint density at radius 3 is 2.73 bits per heavy atom. The maximum absolute atomic E-state index is 8.68. The summed E-state index contributed by atoms with van der Waals surface area (Å²) in [5, 5.41) is 8.68. The second kappa shape index (κ2) is 3.39. The Hall–Kier alpha value is -1.02. The van der Waals surface area contributed by atoms with Crippen LogP contribution in [0.1, 0.15) is 11.1 Å². The molecule has 0 aromatic heterocycles. The number of benzene rings is 1. The number of nitrogens with two attached hydrogens (primary N) is 1. The van der Waals surface area contributed by atoms with Crippen LogP contribution in [0.15, 0.2) is 18.2 Å². The second-order valence-electron chi connectivity index (χ2n) is 2.66. The van der Waals surface area contributed by atoms with Crippen LogP contribution in [0.3, 0.4) is 0 Å². The molecule has 0 spiro atoms. The highest BCUT2D eigenvalue weighted by Gasteiger charge is 1.96. The largest absolute Gasteiger partial charge is 0.399 e. The lowest BCUT2D eigenvalue weighted by Gasteiger charge is -2.03. The van der Waals surface area contributed by atoms with Crippen molar-refractivity contribution in [2.24, 2.45) is 0 Å². The number of aliphatic hydroxyl groups is 1. The number of aliphatic hydroxyl groups excluding tert-OH is 1. The summed E-state index contributed by atoms with van der Waals surface area (Å²) in [6.45, 7) is 2.20. The Morgan fingerprint density at radius 1 is 1.45 bits per heavy atom. The van der Waals surface area contributed by atoms with Gasteiger partial charge in [0.05, 0.1) is 0 Å². The van der Waals surface area contributed by atoms with Crippen LogP contribution in [-0.2, 0) is 6.42 Å². The van der Waals surface area contributed by atoms with Gasteiger partial charge in [0.15, 0.2) is 0 Å². The SMILES string of the molecule is Cc1cc(N)ccc1CCO. The van der Waals surface area contributed by atoms with Gasteiger partial charge in [0, 0.05) is 12.3 Å². The maximum Gasteiger partial charge on any atom is 0.0471 e. The van der Waals surface area contributed by atoms with E-state index >= 15 is 0 Å². The molecule has 11 heavy (non-hydrogen) atoms. The highest BCUT2D eigenvalue weighted by molar-refractivity contribution is 5.44. The fourth-order valence-electron chi connectivity index (χ4n) is 1.12. The first kappa shape index (κ1) is 8.08. The first-order valence-corrected chi connectivity index (χ1v) is 3.70. The third kappa shape index (κ3) is 1.95. The highest BCUT2D eigenvalue weighted by atomic mass is 16.2. The van der Waals surface area contributed by atoms with E-state index < -0.39 is 0 Å². The third-order valence-corrected chi connectivity index (χ3v) is 1.75. The van der Waals surface area contributed by atoms with Gasteiger partial charge in [0.25, 0.3) is 0 Å². The van der Waals surface area contributed by atoms with Crippen molar-refractivity contribution in [3.05, 3.63) is 29.3 Å². The van der Waals surface area contributed by atoms with Crippen LogP contribution in [-0.4, -0.2) is 11.7 Å². The van der Waals surface area contributed by atoms with E-state index in [0.29, 0.717) is 6.42 Å². The summed E-state index contributed by atoms with van der Waals surface area (Å²) >= 11 is 0. The van der Waals surface area contributed by atoms with Gasteiger partial charge in [-0.25, -0.2) is 0 Å². The van der Waals surface area contributed by atoms with E-state index in [1.54, 1.807) is 0 Å². The van der Waals surface area contributed by atoms with Crippen LogP contribution in [0, 0.1) is 6.92 Å². The number of rotatable bonds is 2. The number of anilines is 1. The smallest absolute Gasteiger partial charge is 0.0471 e. The van der Waals surface area contributed by atoms with Crippen LogP contribution < -0.4 is 5.73 Å². The molecule has 0 aliphatic heterocycles. The molecule has 0 atom stereocenters. The average molecular weight is 151 g/mol. The maximum atomic E-state index is 8.68. The second-order valence-corrected chi connectivity index (χ2v) is 2.66. The van der Waals surface area contributed by atoms with Crippen molar-refractivity contribution >= 4 is 5.69 Å². The molecule has 0 fully saturated rings. The van der Waals surface area contributed by atoms with Crippen LogP contribution in [0.25, 0.3) is 0 Å². The minimum Gasteiger partial charge on any atom is -0.399 e. The standard InChI is InChI=1S/C9H13NO/c1-7-6-9(10)3-2-8(7)4-5-11/h2-3,6,11H,4-5,10H2,1H3. The molecule has 0 amide bonds. The van der Waals surface area contributed by atoms with Gasteiger partial charge >= 0.3 is 0 Å².